The van der Waals surface area contributed by atoms with Crippen molar-refractivity contribution in [2.75, 3.05) is 17.2 Å². The summed E-state index contributed by atoms with van der Waals surface area (Å²) in [5, 5.41) is 6.22. The number of nitrogens with one attached hydrogen (secondary N) is 2. The molecule has 0 saturated carbocycles. The fraction of sp³-hybridized carbons (Fsp3) is 0.409. The van der Waals surface area contributed by atoms with Gasteiger partial charge in [-0.3, -0.25) is 4.79 Å². The predicted octanol–water partition coefficient (Wildman–Crippen LogP) is 5.21. The number of rotatable bonds is 7. The maximum Gasteiger partial charge on any atom is 0.226 e. The highest BCUT2D eigenvalue weighted by molar-refractivity contribution is 5.92. The summed E-state index contributed by atoms with van der Waals surface area (Å²) in [6, 6.07) is 15.9. The number of hydrogen-bond acceptors (Lipinski definition) is 3. The van der Waals surface area contributed by atoms with Crippen molar-refractivity contribution in [1.29, 1.82) is 0 Å². The molecule has 0 radical (unpaired) electrons. The maximum atomic E-state index is 12.2. The molecular weight excluding hydrogens is 324 g/mol. The average molecular weight is 354 g/mol. The minimum Gasteiger partial charge on any atom is -0.489 e. The normalized spacial score (nSPS) is 11.3. The van der Waals surface area contributed by atoms with Crippen LogP contribution in [0.3, 0.4) is 0 Å². The molecule has 140 valence electrons. The Morgan fingerprint density at radius 3 is 2.31 bits per heavy atom. The fourth-order valence-electron chi connectivity index (χ4n) is 2.55. The Hall–Kier alpha value is -2.49. The molecule has 26 heavy (non-hydrogen) atoms. The van der Waals surface area contributed by atoms with Crippen LogP contribution < -0.4 is 15.4 Å². The van der Waals surface area contributed by atoms with Gasteiger partial charge in [-0.25, -0.2) is 0 Å². The second-order valence-electron chi connectivity index (χ2n) is 7.72. The van der Waals surface area contributed by atoms with Crippen LogP contribution >= 0.6 is 0 Å². The minimum absolute atomic E-state index is 0.0383. The molecule has 0 heterocycles. The topological polar surface area (TPSA) is 50.4 Å². The molecule has 2 aromatic carbocycles. The van der Waals surface area contributed by atoms with E-state index in [-0.39, 0.29) is 17.4 Å². The first-order chi connectivity index (χ1) is 12.3. The third-order valence-corrected chi connectivity index (χ3v) is 3.96. The van der Waals surface area contributed by atoms with Crippen LogP contribution in [0.5, 0.6) is 5.75 Å². The summed E-state index contributed by atoms with van der Waals surface area (Å²) >= 11 is 0. The zero-order valence-corrected chi connectivity index (χ0v) is 16.4. The van der Waals surface area contributed by atoms with Crippen molar-refractivity contribution in [3.8, 4) is 5.75 Å². The molecule has 0 bridgehead atoms. The van der Waals surface area contributed by atoms with Gasteiger partial charge in [-0.15, -0.1) is 0 Å². The molecule has 1 amide bonds. The number of ether oxygens (including phenoxy) is 1. The smallest absolute Gasteiger partial charge is 0.226 e. The molecule has 0 aromatic heterocycles. The molecule has 0 spiro atoms. The summed E-state index contributed by atoms with van der Waals surface area (Å²) in [5.74, 6) is 0.658. The fourth-order valence-corrected chi connectivity index (χ4v) is 2.55. The molecule has 0 aliphatic carbocycles. The van der Waals surface area contributed by atoms with E-state index in [9.17, 15) is 4.79 Å². The van der Waals surface area contributed by atoms with Crippen molar-refractivity contribution in [3.05, 3.63) is 54.1 Å². The quantitative estimate of drug-likeness (QED) is 0.717. The van der Waals surface area contributed by atoms with Gasteiger partial charge < -0.3 is 15.4 Å². The predicted molar refractivity (Wildman–Crippen MR) is 109 cm³/mol. The Kier molecular flexibility index (Phi) is 6.67. The Labute approximate surface area is 157 Å². The van der Waals surface area contributed by atoms with E-state index in [0.29, 0.717) is 24.4 Å². The standard InChI is InChI=1S/C22H30N2O2/c1-16(2)26-20-9-7-6-8-19(20)24-21(25)14-15-23-18-12-10-17(11-13-18)22(3,4)5/h6-13,16,23H,14-15H2,1-5H3,(H,24,25). The first-order valence-electron chi connectivity index (χ1n) is 9.15. The molecule has 0 aliphatic rings. The molecule has 0 fully saturated rings. The van der Waals surface area contributed by atoms with Crippen LogP contribution in [0.4, 0.5) is 11.4 Å². The van der Waals surface area contributed by atoms with Crippen LogP contribution in [0, 0.1) is 0 Å². The molecule has 0 saturated heterocycles. The van der Waals surface area contributed by atoms with E-state index in [1.807, 2.05) is 38.1 Å². The molecule has 4 nitrogen and oxygen atoms in total. The number of carbonyl (C=O) groups is 1. The van der Waals surface area contributed by atoms with Crippen molar-refractivity contribution in [2.24, 2.45) is 0 Å². The number of carbonyl (C=O) groups excluding carboxylic acids is 1. The molecule has 2 N–H and O–H groups in total. The first-order valence-corrected chi connectivity index (χ1v) is 9.15. The van der Waals surface area contributed by atoms with Gasteiger partial charge in [0, 0.05) is 18.7 Å². The molecule has 4 heteroatoms. The molecule has 2 aromatic rings. The van der Waals surface area contributed by atoms with Gasteiger partial charge in [0.05, 0.1) is 11.8 Å². The van der Waals surface area contributed by atoms with Crippen molar-refractivity contribution >= 4 is 17.3 Å². The lowest BCUT2D eigenvalue weighted by molar-refractivity contribution is -0.116. The lowest BCUT2D eigenvalue weighted by Gasteiger charge is -2.19. The number of benzene rings is 2. The first kappa shape index (κ1) is 19.8. The summed E-state index contributed by atoms with van der Waals surface area (Å²) in [4.78, 5) is 12.2. The van der Waals surface area contributed by atoms with Crippen LogP contribution in [0.15, 0.2) is 48.5 Å². The lowest BCUT2D eigenvalue weighted by atomic mass is 9.87. The Balaban J connectivity index is 1.84. The van der Waals surface area contributed by atoms with Gasteiger partial charge in [-0.2, -0.15) is 0 Å². The van der Waals surface area contributed by atoms with Crippen molar-refractivity contribution in [3.63, 3.8) is 0 Å². The SMILES string of the molecule is CC(C)Oc1ccccc1NC(=O)CCNc1ccc(C(C)(C)C)cc1. The van der Waals surface area contributed by atoms with Crippen LogP contribution in [0.25, 0.3) is 0 Å². The third kappa shape index (κ3) is 6.10. The lowest BCUT2D eigenvalue weighted by Crippen LogP contribution is -2.17. The summed E-state index contributed by atoms with van der Waals surface area (Å²) in [6.45, 7) is 11.1. The van der Waals surface area contributed by atoms with Crippen LogP contribution in [0.1, 0.15) is 46.6 Å². The van der Waals surface area contributed by atoms with E-state index < -0.39 is 0 Å². The second kappa shape index (κ2) is 8.75. The van der Waals surface area contributed by atoms with Gasteiger partial charge in [-0.05, 0) is 49.1 Å². The molecule has 0 atom stereocenters. The Morgan fingerprint density at radius 2 is 1.69 bits per heavy atom. The van der Waals surface area contributed by atoms with Gasteiger partial charge in [0.2, 0.25) is 5.91 Å². The molecule has 0 aliphatic heterocycles. The largest absolute Gasteiger partial charge is 0.489 e. The van der Waals surface area contributed by atoms with Crippen LogP contribution in [-0.4, -0.2) is 18.6 Å². The van der Waals surface area contributed by atoms with Crippen molar-refractivity contribution in [2.45, 2.75) is 52.6 Å². The Bertz CT molecular complexity index is 716. The van der Waals surface area contributed by atoms with Gasteiger partial charge in [-0.1, -0.05) is 45.0 Å². The second-order valence-corrected chi connectivity index (χ2v) is 7.72. The van der Waals surface area contributed by atoms with E-state index in [1.165, 1.54) is 5.56 Å². The highest BCUT2D eigenvalue weighted by Gasteiger charge is 2.13. The number of para-hydroxylation sites is 2. The van der Waals surface area contributed by atoms with Gasteiger partial charge in [0.15, 0.2) is 0 Å². The zero-order chi connectivity index (χ0) is 19.2. The van der Waals surface area contributed by atoms with E-state index in [4.69, 9.17) is 4.74 Å². The minimum atomic E-state index is -0.0383. The van der Waals surface area contributed by atoms with E-state index in [2.05, 4.69) is 55.7 Å². The summed E-state index contributed by atoms with van der Waals surface area (Å²) in [7, 11) is 0. The van der Waals surface area contributed by atoms with Crippen molar-refractivity contribution < 1.29 is 9.53 Å². The van der Waals surface area contributed by atoms with Crippen LogP contribution in [-0.2, 0) is 10.2 Å². The van der Waals surface area contributed by atoms with E-state index in [0.717, 1.165) is 5.69 Å². The highest BCUT2D eigenvalue weighted by Crippen LogP contribution is 2.25. The van der Waals surface area contributed by atoms with E-state index >= 15 is 0 Å². The molecule has 2 rings (SSSR count). The van der Waals surface area contributed by atoms with Gasteiger partial charge in [0.1, 0.15) is 5.75 Å². The van der Waals surface area contributed by atoms with Gasteiger partial charge >= 0.3 is 0 Å². The number of amides is 1. The summed E-state index contributed by atoms with van der Waals surface area (Å²) in [5.41, 5.74) is 3.17. The number of anilines is 2. The average Bonchev–Trinajstić information content (AvgIpc) is 2.56. The monoisotopic (exact) mass is 354 g/mol. The van der Waals surface area contributed by atoms with E-state index in [1.54, 1.807) is 0 Å². The summed E-state index contributed by atoms with van der Waals surface area (Å²) < 4.78 is 5.73. The van der Waals surface area contributed by atoms with Crippen LogP contribution in [0.2, 0.25) is 0 Å². The summed E-state index contributed by atoms with van der Waals surface area (Å²) in [6.07, 6.45) is 0.447. The number of hydrogen-bond donors (Lipinski definition) is 2. The zero-order valence-electron chi connectivity index (χ0n) is 16.4. The Morgan fingerprint density at radius 1 is 1.04 bits per heavy atom. The molecule has 0 unspecified atom stereocenters. The maximum absolute atomic E-state index is 12.2. The van der Waals surface area contributed by atoms with Crippen molar-refractivity contribution in [1.82, 2.24) is 0 Å². The third-order valence-electron chi connectivity index (χ3n) is 3.96. The highest BCUT2D eigenvalue weighted by atomic mass is 16.5. The molecular formula is C22H30N2O2. The van der Waals surface area contributed by atoms with Gasteiger partial charge in [0.25, 0.3) is 0 Å².